The minimum absolute atomic E-state index is 0.0306. The first kappa shape index (κ1) is 16.0. The molecule has 0 aliphatic rings. The molecule has 0 radical (unpaired) electrons. The number of benzene rings is 1. The van der Waals surface area contributed by atoms with E-state index in [0.717, 1.165) is 12.1 Å². The lowest BCUT2D eigenvalue weighted by molar-refractivity contribution is -0.125. The highest BCUT2D eigenvalue weighted by Gasteiger charge is 2.11. The van der Waals surface area contributed by atoms with E-state index in [-0.39, 0.29) is 30.9 Å². The van der Waals surface area contributed by atoms with Gasteiger partial charge in [0.25, 0.3) is 0 Å². The van der Waals surface area contributed by atoms with Gasteiger partial charge in [-0.2, -0.15) is 0 Å². The smallest absolute Gasteiger partial charge is 0.239 e. The second-order valence-electron chi connectivity index (χ2n) is 4.23. The van der Waals surface area contributed by atoms with Crippen molar-refractivity contribution in [2.24, 2.45) is 0 Å². The van der Waals surface area contributed by atoms with Crippen molar-refractivity contribution < 1.29 is 18.4 Å². The fourth-order valence-electron chi connectivity index (χ4n) is 1.48. The van der Waals surface area contributed by atoms with Gasteiger partial charge in [-0.1, -0.05) is 6.07 Å². The molecule has 0 heterocycles. The van der Waals surface area contributed by atoms with E-state index >= 15 is 0 Å². The molecular weight excluding hydrogens is 268 g/mol. The van der Waals surface area contributed by atoms with Crippen molar-refractivity contribution in [3.63, 3.8) is 0 Å². The van der Waals surface area contributed by atoms with Gasteiger partial charge in [-0.3, -0.25) is 9.59 Å². The predicted octanol–water partition coefficient (Wildman–Crippen LogP) is 0.478. The number of hydrogen-bond acceptors (Lipinski definition) is 3. The molecule has 0 saturated heterocycles. The summed E-state index contributed by atoms with van der Waals surface area (Å²) in [6.07, 6.45) is 0. The normalized spacial score (nSPS) is 11.8. The average Bonchev–Trinajstić information content (AvgIpc) is 2.44. The molecule has 0 aromatic heterocycles. The quantitative estimate of drug-likeness (QED) is 0.712. The van der Waals surface area contributed by atoms with Crippen LogP contribution in [0.1, 0.15) is 18.5 Å². The van der Waals surface area contributed by atoms with E-state index in [1.54, 1.807) is 6.92 Å². The van der Waals surface area contributed by atoms with Gasteiger partial charge in [0.1, 0.15) is 0 Å². The van der Waals surface area contributed by atoms with Gasteiger partial charge in [0.15, 0.2) is 11.6 Å². The molecule has 1 aromatic rings. The number of halogens is 2. The van der Waals surface area contributed by atoms with Crippen LogP contribution in [-0.4, -0.2) is 32.0 Å². The molecule has 20 heavy (non-hydrogen) atoms. The maximum absolute atomic E-state index is 13.1. The SMILES string of the molecule is CNC(=O)CNC(=O)CN[C@H](C)c1ccc(F)c(F)c1. The molecule has 1 atom stereocenters. The lowest BCUT2D eigenvalue weighted by Crippen LogP contribution is -2.40. The fraction of sp³-hybridized carbons (Fsp3) is 0.385. The molecule has 0 spiro atoms. The number of carbonyl (C=O) groups excluding carboxylic acids is 2. The maximum atomic E-state index is 13.1. The van der Waals surface area contributed by atoms with Crippen LogP contribution in [0.5, 0.6) is 0 Å². The first-order chi connectivity index (χ1) is 9.43. The molecule has 1 rings (SSSR count). The number of amides is 2. The summed E-state index contributed by atoms with van der Waals surface area (Å²) in [4.78, 5) is 22.4. The Kier molecular flexibility index (Phi) is 6.05. The van der Waals surface area contributed by atoms with E-state index in [4.69, 9.17) is 0 Å². The van der Waals surface area contributed by atoms with Crippen LogP contribution in [0.25, 0.3) is 0 Å². The zero-order valence-corrected chi connectivity index (χ0v) is 11.3. The van der Waals surface area contributed by atoms with Crippen molar-refractivity contribution in [2.45, 2.75) is 13.0 Å². The zero-order valence-electron chi connectivity index (χ0n) is 11.3. The topological polar surface area (TPSA) is 70.2 Å². The molecule has 0 bridgehead atoms. The Labute approximate surface area is 115 Å². The number of carbonyl (C=O) groups is 2. The summed E-state index contributed by atoms with van der Waals surface area (Å²) >= 11 is 0. The van der Waals surface area contributed by atoms with Gasteiger partial charge in [0, 0.05) is 13.1 Å². The van der Waals surface area contributed by atoms with E-state index < -0.39 is 11.6 Å². The Bertz CT molecular complexity index is 495. The van der Waals surface area contributed by atoms with Gasteiger partial charge in [0.2, 0.25) is 11.8 Å². The fourth-order valence-corrected chi connectivity index (χ4v) is 1.48. The second kappa shape index (κ2) is 7.54. The van der Waals surface area contributed by atoms with E-state index in [2.05, 4.69) is 16.0 Å². The van der Waals surface area contributed by atoms with Crippen molar-refractivity contribution in [3.8, 4) is 0 Å². The molecule has 110 valence electrons. The third-order valence-corrected chi connectivity index (χ3v) is 2.74. The molecular formula is C13H17F2N3O2. The molecule has 0 saturated carbocycles. The van der Waals surface area contributed by atoms with Crippen molar-refractivity contribution in [2.75, 3.05) is 20.1 Å². The van der Waals surface area contributed by atoms with Crippen molar-refractivity contribution in [1.82, 2.24) is 16.0 Å². The molecule has 7 heteroatoms. The van der Waals surface area contributed by atoms with Crippen LogP contribution in [0.15, 0.2) is 18.2 Å². The number of likely N-dealkylation sites (N-methyl/N-ethyl adjacent to an activating group) is 1. The van der Waals surface area contributed by atoms with E-state index in [0.29, 0.717) is 5.56 Å². The average molecular weight is 285 g/mol. The lowest BCUT2D eigenvalue weighted by atomic mass is 10.1. The van der Waals surface area contributed by atoms with Crippen molar-refractivity contribution in [3.05, 3.63) is 35.4 Å². The summed E-state index contributed by atoms with van der Waals surface area (Å²) in [6, 6.07) is 3.23. The highest BCUT2D eigenvalue weighted by molar-refractivity contribution is 5.85. The van der Waals surface area contributed by atoms with Crippen LogP contribution in [0.2, 0.25) is 0 Å². The zero-order chi connectivity index (χ0) is 15.1. The Morgan fingerprint density at radius 1 is 1.15 bits per heavy atom. The Hall–Kier alpha value is -2.02. The van der Waals surface area contributed by atoms with E-state index in [1.165, 1.54) is 13.1 Å². The molecule has 3 N–H and O–H groups in total. The molecule has 1 aromatic carbocycles. The third-order valence-electron chi connectivity index (χ3n) is 2.74. The summed E-state index contributed by atoms with van der Waals surface area (Å²) in [7, 11) is 1.47. The van der Waals surface area contributed by atoms with Crippen molar-refractivity contribution >= 4 is 11.8 Å². The maximum Gasteiger partial charge on any atom is 0.239 e. The van der Waals surface area contributed by atoms with Gasteiger partial charge < -0.3 is 16.0 Å². The van der Waals surface area contributed by atoms with Crippen LogP contribution in [0, 0.1) is 11.6 Å². The van der Waals surface area contributed by atoms with Gasteiger partial charge in [-0.25, -0.2) is 8.78 Å². The first-order valence-electron chi connectivity index (χ1n) is 6.09. The number of rotatable bonds is 6. The highest BCUT2D eigenvalue weighted by atomic mass is 19.2. The summed E-state index contributed by atoms with van der Waals surface area (Å²) in [5.41, 5.74) is 0.531. The molecule has 0 fully saturated rings. The molecule has 5 nitrogen and oxygen atoms in total. The van der Waals surface area contributed by atoms with Crippen LogP contribution in [0.3, 0.4) is 0 Å². The molecule has 2 amide bonds. The van der Waals surface area contributed by atoms with Crippen molar-refractivity contribution in [1.29, 1.82) is 0 Å². The summed E-state index contributed by atoms with van der Waals surface area (Å²) < 4.78 is 25.8. The summed E-state index contributed by atoms with van der Waals surface area (Å²) in [6.45, 7) is 1.59. The standard InChI is InChI=1S/C13H17F2N3O2/c1-8(9-3-4-10(14)11(15)5-9)17-7-13(20)18-6-12(19)16-2/h3-5,8,17H,6-7H2,1-2H3,(H,16,19)(H,18,20)/t8-/m1/s1. The minimum atomic E-state index is -0.930. The predicted molar refractivity (Wildman–Crippen MR) is 69.9 cm³/mol. The minimum Gasteiger partial charge on any atom is -0.358 e. The number of hydrogen-bond donors (Lipinski definition) is 3. The van der Waals surface area contributed by atoms with E-state index in [9.17, 15) is 18.4 Å². The van der Waals surface area contributed by atoms with Gasteiger partial charge in [0.05, 0.1) is 13.1 Å². The first-order valence-corrected chi connectivity index (χ1v) is 6.09. The van der Waals surface area contributed by atoms with Crippen LogP contribution in [0.4, 0.5) is 8.78 Å². The Morgan fingerprint density at radius 3 is 2.45 bits per heavy atom. The Morgan fingerprint density at radius 2 is 1.85 bits per heavy atom. The summed E-state index contributed by atoms with van der Waals surface area (Å²) in [5, 5.41) is 7.64. The summed E-state index contributed by atoms with van der Waals surface area (Å²) in [5.74, 6) is -2.50. The largest absolute Gasteiger partial charge is 0.358 e. The second-order valence-corrected chi connectivity index (χ2v) is 4.23. The molecule has 0 unspecified atom stereocenters. The van der Waals surface area contributed by atoms with Gasteiger partial charge >= 0.3 is 0 Å². The third kappa shape index (κ3) is 4.93. The van der Waals surface area contributed by atoms with Gasteiger partial charge in [-0.05, 0) is 24.6 Å². The van der Waals surface area contributed by atoms with E-state index in [1.807, 2.05) is 0 Å². The monoisotopic (exact) mass is 285 g/mol. The van der Waals surface area contributed by atoms with Crippen LogP contribution in [-0.2, 0) is 9.59 Å². The lowest BCUT2D eigenvalue weighted by Gasteiger charge is -2.14. The van der Waals surface area contributed by atoms with Crippen LogP contribution < -0.4 is 16.0 Å². The van der Waals surface area contributed by atoms with Crippen LogP contribution >= 0.6 is 0 Å². The highest BCUT2D eigenvalue weighted by Crippen LogP contribution is 2.15. The van der Waals surface area contributed by atoms with Gasteiger partial charge in [-0.15, -0.1) is 0 Å². The number of nitrogens with one attached hydrogen (secondary N) is 3. The molecule has 0 aliphatic heterocycles. The Balaban J connectivity index is 2.42. The molecule has 0 aliphatic carbocycles.